The van der Waals surface area contributed by atoms with Crippen LogP contribution in [0.3, 0.4) is 0 Å². The number of benzene rings is 2. The highest BCUT2D eigenvalue weighted by Crippen LogP contribution is 2.29. The highest BCUT2D eigenvalue weighted by molar-refractivity contribution is 6.21. The van der Waals surface area contributed by atoms with Gasteiger partial charge in [-0.05, 0) is 24.5 Å². The second-order valence-corrected chi connectivity index (χ2v) is 5.59. The minimum atomic E-state index is -0.194. The molecule has 1 heterocycles. The van der Waals surface area contributed by atoms with Gasteiger partial charge < -0.3 is 4.74 Å². The molecule has 1 aliphatic rings. The second kappa shape index (κ2) is 7.68. The van der Waals surface area contributed by atoms with Gasteiger partial charge in [0.25, 0.3) is 0 Å². The van der Waals surface area contributed by atoms with Gasteiger partial charge in [-0.1, -0.05) is 60.7 Å². The summed E-state index contributed by atoms with van der Waals surface area (Å²) in [5, 5.41) is 8.80. The lowest BCUT2D eigenvalue weighted by molar-refractivity contribution is -0.142. The zero-order chi connectivity index (χ0) is 16.8. The molecular weight excluding hydrogens is 300 g/mol. The monoisotopic (exact) mass is 320 g/mol. The summed E-state index contributed by atoms with van der Waals surface area (Å²) in [5.74, 6) is -0.205. The Labute approximate surface area is 141 Å². The van der Waals surface area contributed by atoms with Crippen LogP contribution in [0.4, 0.5) is 0 Å². The van der Waals surface area contributed by atoms with Crippen LogP contribution in [0, 0.1) is 0 Å². The molecule has 0 aliphatic carbocycles. The van der Waals surface area contributed by atoms with Crippen LogP contribution < -0.4 is 0 Å². The first-order valence-corrected chi connectivity index (χ1v) is 8.20. The molecule has 0 radical (unpaired) electrons. The van der Waals surface area contributed by atoms with Gasteiger partial charge in [0.1, 0.15) is 0 Å². The number of esters is 1. The fraction of sp³-hybridized carbons (Fsp3) is 0.250. The minimum absolute atomic E-state index is 0.0111. The number of nitrogens with zero attached hydrogens (tertiary/aromatic N) is 2. The summed E-state index contributed by atoms with van der Waals surface area (Å²) in [6.07, 6.45) is 0.881. The summed E-state index contributed by atoms with van der Waals surface area (Å²) in [6.45, 7) is 2.22. The highest BCUT2D eigenvalue weighted by atomic mass is 16.5. The van der Waals surface area contributed by atoms with Crippen molar-refractivity contribution in [2.75, 3.05) is 6.61 Å². The second-order valence-electron chi connectivity index (χ2n) is 5.59. The third-order valence-electron chi connectivity index (χ3n) is 3.99. The van der Waals surface area contributed by atoms with Crippen LogP contribution in [-0.4, -0.2) is 24.0 Å². The van der Waals surface area contributed by atoms with Gasteiger partial charge in [-0.15, -0.1) is 0 Å². The first-order valence-electron chi connectivity index (χ1n) is 8.20. The Morgan fingerprint density at radius 3 is 2.33 bits per heavy atom. The first-order chi connectivity index (χ1) is 11.8. The maximum atomic E-state index is 11.7. The van der Waals surface area contributed by atoms with Gasteiger partial charge in [0.05, 0.1) is 30.4 Å². The van der Waals surface area contributed by atoms with Gasteiger partial charge in [-0.3, -0.25) is 4.79 Å². The van der Waals surface area contributed by atoms with Gasteiger partial charge in [0.2, 0.25) is 0 Å². The van der Waals surface area contributed by atoms with Gasteiger partial charge in [-0.2, -0.15) is 10.2 Å². The SMILES string of the molecule is CCOC(=O)CCC1=NN=C(c2ccccc2)C1c1ccccc1. The predicted molar refractivity (Wildman–Crippen MR) is 95.5 cm³/mol. The number of hydrogen-bond acceptors (Lipinski definition) is 4. The standard InChI is InChI=1S/C20H20N2O2/c1-2-24-18(23)14-13-17-19(15-9-5-3-6-10-15)20(22-21-17)16-11-7-4-8-12-16/h3-12,19H,2,13-14H2,1H3. The molecule has 0 N–H and O–H groups in total. The molecule has 0 fully saturated rings. The summed E-state index contributed by atoms with van der Waals surface area (Å²) < 4.78 is 5.02. The van der Waals surface area contributed by atoms with Gasteiger partial charge >= 0.3 is 5.97 Å². The molecule has 122 valence electrons. The van der Waals surface area contributed by atoms with Crippen LogP contribution in [-0.2, 0) is 9.53 Å². The molecule has 2 aromatic rings. The molecule has 24 heavy (non-hydrogen) atoms. The van der Waals surface area contributed by atoms with Crippen molar-refractivity contribution in [1.29, 1.82) is 0 Å². The molecular formula is C20H20N2O2. The average Bonchev–Trinajstić information content (AvgIpc) is 3.06. The van der Waals surface area contributed by atoms with Gasteiger partial charge in [0, 0.05) is 0 Å². The van der Waals surface area contributed by atoms with E-state index in [1.165, 1.54) is 0 Å². The molecule has 0 bridgehead atoms. The van der Waals surface area contributed by atoms with Crippen LogP contribution in [0.25, 0.3) is 0 Å². The van der Waals surface area contributed by atoms with E-state index in [2.05, 4.69) is 22.3 Å². The van der Waals surface area contributed by atoms with Crippen molar-refractivity contribution in [1.82, 2.24) is 0 Å². The number of rotatable bonds is 6. The highest BCUT2D eigenvalue weighted by Gasteiger charge is 2.29. The van der Waals surface area contributed by atoms with E-state index >= 15 is 0 Å². The summed E-state index contributed by atoms with van der Waals surface area (Å²) >= 11 is 0. The lowest BCUT2D eigenvalue weighted by Crippen LogP contribution is -2.20. The topological polar surface area (TPSA) is 51.0 Å². The molecule has 0 amide bonds. The molecule has 1 atom stereocenters. The third kappa shape index (κ3) is 3.59. The largest absolute Gasteiger partial charge is 0.466 e. The Bertz CT molecular complexity index is 752. The molecule has 4 heteroatoms. The maximum Gasteiger partial charge on any atom is 0.306 e. The number of carbonyl (C=O) groups is 1. The van der Waals surface area contributed by atoms with E-state index in [-0.39, 0.29) is 11.9 Å². The van der Waals surface area contributed by atoms with Gasteiger partial charge in [-0.25, -0.2) is 0 Å². The molecule has 1 unspecified atom stereocenters. The quantitative estimate of drug-likeness (QED) is 0.756. The molecule has 0 saturated carbocycles. The van der Waals surface area contributed by atoms with E-state index in [0.717, 1.165) is 22.6 Å². The molecule has 0 aromatic heterocycles. The lowest BCUT2D eigenvalue weighted by Gasteiger charge is -2.16. The zero-order valence-electron chi connectivity index (χ0n) is 13.7. The Morgan fingerprint density at radius 2 is 1.67 bits per heavy atom. The predicted octanol–water partition coefficient (Wildman–Crippen LogP) is 3.97. The zero-order valence-corrected chi connectivity index (χ0v) is 13.7. The van der Waals surface area contributed by atoms with Crippen LogP contribution in [0.1, 0.15) is 36.8 Å². The Hall–Kier alpha value is -2.75. The first kappa shape index (κ1) is 16.1. The van der Waals surface area contributed by atoms with Crippen molar-refractivity contribution in [3.63, 3.8) is 0 Å². The molecule has 0 spiro atoms. The van der Waals surface area contributed by atoms with Gasteiger partial charge in [0.15, 0.2) is 0 Å². The average molecular weight is 320 g/mol. The van der Waals surface area contributed by atoms with Crippen LogP contribution >= 0.6 is 0 Å². The molecule has 1 aliphatic heterocycles. The summed E-state index contributed by atoms with van der Waals surface area (Å²) in [7, 11) is 0. The van der Waals surface area contributed by atoms with Crippen molar-refractivity contribution in [2.24, 2.45) is 10.2 Å². The van der Waals surface area contributed by atoms with Crippen molar-refractivity contribution in [3.8, 4) is 0 Å². The minimum Gasteiger partial charge on any atom is -0.466 e. The van der Waals surface area contributed by atoms with E-state index in [9.17, 15) is 4.79 Å². The van der Waals surface area contributed by atoms with E-state index in [1.54, 1.807) is 0 Å². The number of hydrogen-bond donors (Lipinski definition) is 0. The summed E-state index contributed by atoms with van der Waals surface area (Å²) in [4.78, 5) is 11.7. The normalized spacial score (nSPS) is 16.5. The third-order valence-corrected chi connectivity index (χ3v) is 3.99. The Kier molecular flexibility index (Phi) is 5.16. The van der Waals surface area contributed by atoms with Crippen molar-refractivity contribution in [3.05, 3.63) is 71.8 Å². The number of carbonyl (C=O) groups excluding carboxylic acids is 1. The Morgan fingerprint density at radius 1 is 1.00 bits per heavy atom. The van der Waals surface area contributed by atoms with E-state index in [1.807, 2.05) is 55.5 Å². The maximum absolute atomic E-state index is 11.7. The van der Waals surface area contributed by atoms with E-state index in [0.29, 0.717) is 19.4 Å². The number of ether oxygens (including phenoxy) is 1. The van der Waals surface area contributed by atoms with Crippen LogP contribution in [0.5, 0.6) is 0 Å². The fourth-order valence-electron chi connectivity index (χ4n) is 2.88. The van der Waals surface area contributed by atoms with Crippen LogP contribution in [0.2, 0.25) is 0 Å². The fourth-order valence-corrected chi connectivity index (χ4v) is 2.88. The molecule has 2 aromatic carbocycles. The van der Waals surface area contributed by atoms with Crippen molar-refractivity contribution in [2.45, 2.75) is 25.7 Å². The molecule has 3 rings (SSSR count). The molecule has 0 saturated heterocycles. The lowest BCUT2D eigenvalue weighted by atomic mass is 9.85. The summed E-state index contributed by atoms with van der Waals surface area (Å²) in [5.41, 5.74) is 4.04. The van der Waals surface area contributed by atoms with E-state index in [4.69, 9.17) is 4.74 Å². The van der Waals surface area contributed by atoms with Crippen molar-refractivity contribution < 1.29 is 9.53 Å². The smallest absolute Gasteiger partial charge is 0.306 e. The summed E-state index contributed by atoms with van der Waals surface area (Å²) in [6, 6.07) is 20.2. The molecule has 4 nitrogen and oxygen atoms in total. The van der Waals surface area contributed by atoms with E-state index < -0.39 is 0 Å². The van der Waals surface area contributed by atoms with Crippen molar-refractivity contribution >= 4 is 17.4 Å². The van der Waals surface area contributed by atoms with Crippen LogP contribution in [0.15, 0.2) is 70.9 Å². The Balaban J connectivity index is 1.84.